The normalized spacial score (nSPS) is 19.5. The predicted octanol–water partition coefficient (Wildman–Crippen LogP) is 3.15. The number of ether oxygens (including phenoxy) is 1. The molecule has 1 aromatic carbocycles. The maximum Gasteiger partial charge on any atom is 0.261 e. The largest absolute Gasteiger partial charge is 0.379 e. The monoisotopic (exact) mass is 369 g/mol. The van der Waals surface area contributed by atoms with Crippen molar-refractivity contribution in [1.29, 1.82) is 5.26 Å². The molecule has 0 spiro atoms. The van der Waals surface area contributed by atoms with Gasteiger partial charge in [-0.25, -0.2) is 0 Å². The number of nitrogens with one attached hydrogen (secondary N) is 2. The van der Waals surface area contributed by atoms with Gasteiger partial charge in [0.15, 0.2) is 5.82 Å². The molecule has 0 aliphatic carbocycles. The maximum absolute atomic E-state index is 12.5. The van der Waals surface area contributed by atoms with Crippen molar-refractivity contribution in [3.05, 3.63) is 51.9 Å². The highest BCUT2D eigenvalue weighted by molar-refractivity contribution is 6.30. The van der Waals surface area contributed by atoms with Gasteiger partial charge in [0, 0.05) is 23.5 Å². The number of nitrogens with zero attached hydrogens (tertiary/aromatic N) is 3. The van der Waals surface area contributed by atoms with Gasteiger partial charge < -0.3 is 15.0 Å². The lowest BCUT2D eigenvalue weighted by Crippen LogP contribution is -2.34. The SMILES string of the molecule is N#CC[C@@]1(n2nc(Nc3ccc(Cl)cc3)c3c(=O)[nH]ccc32)CCOC1. The molecule has 26 heavy (non-hydrogen) atoms. The molecule has 132 valence electrons. The quantitative estimate of drug-likeness (QED) is 0.736. The summed E-state index contributed by atoms with van der Waals surface area (Å²) in [6.45, 7) is 0.955. The second kappa shape index (κ2) is 6.48. The van der Waals surface area contributed by atoms with Crippen LogP contribution in [0.2, 0.25) is 5.02 Å². The first-order valence-electron chi connectivity index (χ1n) is 8.21. The Labute approximate surface area is 154 Å². The van der Waals surface area contributed by atoms with E-state index in [1.165, 1.54) is 0 Å². The van der Waals surface area contributed by atoms with E-state index in [1.807, 2.05) is 12.1 Å². The summed E-state index contributed by atoms with van der Waals surface area (Å²) in [6, 6.07) is 11.2. The van der Waals surface area contributed by atoms with Crippen LogP contribution in [0.25, 0.3) is 10.9 Å². The summed E-state index contributed by atoms with van der Waals surface area (Å²) >= 11 is 5.93. The fraction of sp³-hybridized carbons (Fsp3) is 0.278. The standard InChI is InChI=1S/C18H16ClN5O2/c19-12-1-3-13(4-2-12)22-16-15-14(5-9-21-17(15)25)24(23-16)18(6-8-20)7-10-26-11-18/h1-5,9H,6-7,10-11H2,(H,21,25)(H,22,23)/t18-/m1/s1. The van der Waals surface area contributed by atoms with E-state index >= 15 is 0 Å². The van der Waals surface area contributed by atoms with Gasteiger partial charge >= 0.3 is 0 Å². The Hall–Kier alpha value is -2.82. The van der Waals surface area contributed by atoms with Crippen LogP contribution in [-0.2, 0) is 10.3 Å². The fourth-order valence-electron chi connectivity index (χ4n) is 3.32. The maximum atomic E-state index is 12.5. The van der Waals surface area contributed by atoms with Crippen molar-refractivity contribution in [2.24, 2.45) is 0 Å². The number of anilines is 2. The van der Waals surface area contributed by atoms with Crippen LogP contribution >= 0.6 is 11.6 Å². The highest BCUT2D eigenvalue weighted by atomic mass is 35.5. The summed E-state index contributed by atoms with van der Waals surface area (Å²) in [5, 5.41) is 18.2. The van der Waals surface area contributed by atoms with E-state index in [0.717, 1.165) is 5.69 Å². The molecule has 0 unspecified atom stereocenters. The van der Waals surface area contributed by atoms with E-state index in [-0.39, 0.29) is 12.0 Å². The molecule has 1 aliphatic rings. The number of pyridine rings is 1. The smallest absolute Gasteiger partial charge is 0.261 e. The molecule has 7 nitrogen and oxygen atoms in total. The van der Waals surface area contributed by atoms with Crippen molar-refractivity contribution in [3.8, 4) is 6.07 Å². The lowest BCUT2D eigenvalue weighted by molar-refractivity contribution is 0.151. The van der Waals surface area contributed by atoms with Crippen LogP contribution in [0.4, 0.5) is 11.5 Å². The van der Waals surface area contributed by atoms with Gasteiger partial charge in [-0.1, -0.05) is 11.6 Å². The molecule has 0 radical (unpaired) electrons. The number of nitriles is 1. The van der Waals surface area contributed by atoms with Crippen molar-refractivity contribution in [1.82, 2.24) is 14.8 Å². The second-order valence-electron chi connectivity index (χ2n) is 6.32. The Morgan fingerprint density at radius 1 is 1.38 bits per heavy atom. The van der Waals surface area contributed by atoms with Gasteiger partial charge in [-0.05, 0) is 36.8 Å². The van der Waals surface area contributed by atoms with Gasteiger partial charge in [-0.3, -0.25) is 9.48 Å². The van der Waals surface area contributed by atoms with Crippen LogP contribution in [0.15, 0.2) is 41.3 Å². The van der Waals surface area contributed by atoms with Crippen molar-refractivity contribution in [2.45, 2.75) is 18.4 Å². The average Bonchev–Trinajstić information content (AvgIpc) is 3.24. The fourth-order valence-corrected chi connectivity index (χ4v) is 3.45. The van der Waals surface area contributed by atoms with Crippen molar-refractivity contribution in [3.63, 3.8) is 0 Å². The molecule has 0 saturated carbocycles. The Kier molecular flexibility index (Phi) is 4.15. The first kappa shape index (κ1) is 16.6. The molecule has 1 atom stereocenters. The zero-order chi connectivity index (χ0) is 18.1. The van der Waals surface area contributed by atoms with E-state index in [1.54, 1.807) is 29.1 Å². The average molecular weight is 370 g/mol. The molecule has 0 amide bonds. The zero-order valence-corrected chi connectivity index (χ0v) is 14.6. The van der Waals surface area contributed by atoms with Crippen molar-refractivity contribution >= 4 is 34.0 Å². The third-order valence-corrected chi connectivity index (χ3v) is 4.90. The van der Waals surface area contributed by atoms with Crippen LogP contribution in [0.1, 0.15) is 12.8 Å². The van der Waals surface area contributed by atoms with Gasteiger partial charge in [0.1, 0.15) is 10.9 Å². The summed E-state index contributed by atoms with van der Waals surface area (Å²) in [4.78, 5) is 15.2. The Morgan fingerprint density at radius 2 is 2.19 bits per heavy atom. The zero-order valence-electron chi connectivity index (χ0n) is 13.8. The first-order valence-corrected chi connectivity index (χ1v) is 8.59. The molecule has 4 rings (SSSR count). The second-order valence-corrected chi connectivity index (χ2v) is 6.76. The Morgan fingerprint density at radius 3 is 2.88 bits per heavy atom. The number of halogens is 1. The van der Waals surface area contributed by atoms with E-state index in [0.29, 0.717) is 41.4 Å². The van der Waals surface area contributed by atoms with Gasteiger partial charge in [0.05, 0.1) is 24.6 Å². The molecule has 8 heteroatoms. The number of rotatable bonds is 4. The van der Waals surface area contributed by atoms with Gasteiger partial charge in [0.2, 0.25) is 0 Å². The molecule has 2 N–H and O–H groups in total. The summed E-state index contributed by atoms with van der Waals surface area (Å²) in [7, 11) is 0. The molecule has 0 bridgehead atoms. The molecular formula is C18H16ClN5O2. The number of benzene rings is 1. The Bertz CT molecular complexity index is 1040. The lowest BCUT2D eigenvalue weighted by Gasteiger charge is -2.25. The van der Waals surface area contributed by atoms with E-state index in [4.69, 9.17) is 16.3 Å². The third kappa shape index (κ3) is 2.73. The number of aromatic nitrogens is 3. The van der Waals surface area contributed by atoms with E-state index < -0.39 is 5.54 Å². The number of hydrogen-bond acceptors (Lipinski definition) is 5. The molecule has 1 saturated heterocycles. The number of H-pyrrole nitrogens is 1. The molecule has 1 aliphatic heterocycles. The minimum Gasteiger partial charge on any atom is -0.379 e. The lowest BCUT2D eigenvalue weighted by atomic mass is 9.95. The Balaban J connectivity index is 1.88. The van der Waals surface area contributed by atoms with Gasteiger partial charge in [-0.15, -0.1) is 0 Å². The van der Waals surface area contributed by atoms with Crippen LogP contribution in [0, 0.1) is 11.3 Å². The third-order valence-electron chi connectivity index (χ3n) is 4.65. The van der Waals surface area contributed by atoms with Crippen molar-refractivity contribution < 1.29 is 4.74 Å². The molecule has 3 aromatic rings. The predicted molar refractivity (Wildman–Crippen MR) is 98.7 cm³/mol. The van der Waals surface area contributed by atoms with Gasteiger partial charge in [0.25, 0.3) is 5.56 Å². The molecule has 3 heterocycles. The number of fused-ring (bicyclic) bond motifs is 1. The minimum atomic E-state index is -0.569. The minimum absolute atomic E-state index is 0.240. The van der Waals surface area contributed by atoms with Crippen LogP contribution < -0.4 is 10.9 Å². The summed E-state index contributed by atoms with van der Waals surface area (Å²) in [5.41, 5.74) is 0.629. The first-order chi connectivity index (χ1) is 12.6. The topological polar surface area (TPSA) is 95.7 Å². The van der Waals surface area contributed by atoms with Crippen molar-refractivity contribution in [2.75, 3.05) is 18.5 Å². The van der Waals surface area contributed by atoms with E-state index in [9.17, 15) is 10.1 Å². The highest BCUT2D eigenvalue weighted by Gasteiger charge is 2.39. The number of aromatic amines is 1. The summed E-state index contributed by atoms with van der Waals surface area (Å²) in [5.74, 6) is 0.438. The molecule has 1 fully saturated rings. The molecular weight excluding hydrogens is 354 g/mol. The molecule has 2 aromatic heterocycles. The van der Waals surface area contributed by atoms with Crippen LogP contribution in [-0.4, -0.2) is 28.0 Å². The van der Waals surface area contributed by atoms with E-state index in [2.05, 4.69) is 21.5 Å². The number of hydrogen-bond donors (Lipinski definition) is 2. The highest BCUT2D eigenvalue weighted by Crippen LogP contribution is 2.35. The van der Waals surface area contributed by atoms with Crippen LogP contribution in [0.3, 0.4) is 0 Å². The summed E-state index contributed by atoms with van der Waals surface area (Å²) < 4.78 is 7.32. The van der Waals surface area contributed by atoms with Crippen LogP contribution in [0.5, 0.6) is 0 Å². The summed E-state index contributed by atoms with van der Waals surface area (Å²) in [6.07, 6.45) is 2.52. The van der Waals surface area contributed by atoms with Gasteiger partial charge in [-0.2, -0.15) is 10.4 Å².